The van der Waals surface area contributed by atoms with Gasteiger partial charge in [-0.25, -0.2) is 0 Å². The van der Waals surface area contributed by atoms with Gasteiger partial charge < -0.3 is 5.32 Å². The van der Waals surface area contributed by atoms with Crippen molar-refractivity contribution in [3.05, 3.63) is 40.4 Å². The molecule has 0 saturated carbocycles. The minimum atomic E-state index is 0.149. The van der Waals surface area contributed by atoms with Gasteiger partial charge in [0.1, 0.15) is 5.01 Å². The number of aromatic nitrogens is 2. The largest absolute Gasteiger partial charge is 0.354 e. The number of anilines is 1. The number of nitriles is 1. The lowest BCUT2D eigenvalue weighted by atomic mass is 10.1. The first-order chi connectivity index (χ1) is 8.72. The maximum absolute atomic E-state index is 8.75. The highest BCUT2D eigenvalue weighted by Crippen LogP contribution is 2.22. The third-order valence-corrected chi connectivity index (χ3v) is 3.65. The van der Waals surface area contributed by atoms with Crippen molar-refractivity contribution >= 4 is 16.5 Å². The molecule has 1 atom stereocenters. The number of nitrogens with one attached hydrogen (secondary N) is 1. The topological polar surface area (TPSA) is 61.6 Å². The van der Waals surface area contributed by atoms with Crippen LogP contribution in [0.2, 0.25) is 0 Å². The van der Waals surface area contributed by atoms with Crippen molar-refractivity contribution < 1.29 is 0 Å². The lowest BCUT2D eigenvalue weighted by Crippen LogP contribution is -2.06. The van der Waals surface area contributed by atoms with Crippen molar-refractivity contribution in [2.45, 2.75) is 26.3 Å². The number of aryl methyl sites for hydroxylation is 1. The van der Waals surface area contributed by atoms with Gasteiger partial charge in [-0.2, -0.15) is 5.26 Å². The fourth-order valence-electron chi connectivity index (χ4n) is 1.57. The summed E-state index contributed by atoms with van der Waals surface area (Å²) >= 11 is 1.58. The van der Waals surface area contributed by atoms with Gasteiger partial charge >= 0.3 is 0 Å². The van der Waals surface area contributed by atoms with Gasteiger partial charge in [-0.05, 0) is 31.0 Å². The molecule has 2 rings (SSSR count). The number of rotatable bonds is 4. The van der Waals surface area contributed by atoms with Gasteiger partial charge in [0.05, 0.1) is 17.7 Å². The number of benzene rings is 1. The van der Waals surface area contributed by atoms with Crippen LogP contribution in [0.3, 0.4) is 0 Å². The summed E-state index contributed by atoms with van der Waals surface area (Å²) in [6.45, 7) is 4.13. The molecular weight excluding hydrogens is 244 g/mol. The fraction of sp³-hybridized carbons (Fsp3) is 0.308. The van der Waals surface area contributed by atoms with E-state index in [1.807, 2.05) is 24.3 Å². The number of hydrogen-bond donors (Lipinski definition) is 1. The summed E-state index contributed by atoms with van der Waals surface area (Å²) < 4.78 is 0. The van der Waals surface area contributed by atoms with Crippen molar-refractivity contribution in [3.63, 3.8) is 0 Å². The standard InChI is InChI=1S/C13H14N4S/c1-3-12-16-17-13(18-12)15-9(2)11-6-4-10(8-14)5-7-11/h4-7,9H,3H2,1-2H3,(H,15,17). The van der Waals surface area contributed by atoms with Crippen LogP contribution in [0.25, 0.3) is 0 Å². The zero-order valence-corrected chi connectivity index (χ0v) is 11.2. The van der Waals surface area contributed by atoms with Crippen molar-refractivity contribution in [1.29, 1.82) is 5.26 Å². The molecule has 0 spiro atoms. The summed E-state index contributed by atoms with van der Waals surface area (Å²) in [4.78, 5) is 0. The molecule has 0 fully saturated rings. The number of hydrogen-bond acceptors (Lipinski definition) is 5. The summed E-state index contributed by atoms with van der Waals surface area (Å²) in [7, 11) is 0. The molecule has 0 amide bonds. The van der Waals surface area contributed by atoms with Crippen molar-refractivity contribution in [3.8, 4) is 6.07 Å². The Balaban J connectivity index is 2.06. The average molecular weight is 258 g/mol. The Morgan fingerprint density at radius 3 is 2.61 bits per heavy atom. The maximum Gasteiger partial charge on any atom is 0.206 e. The third-order valence-electron chi connectivity index (χ3n) is 2.65. The van der Waals surface area contributed by atoms with E-state index in [2.05, 4.69) is 35.4 Å². The fourth-order valence-corrected chi connectivity index (χ4v) is 2.34. The number of nitrogens with zero attached hydrogens (tertiary/aromatic N) is 3. The summed E-state index contributed by atoms with van der Waals surface area (Å²) in [6.07, 6.45) is 0.907. The molecule has 1 aromatic heterocycles. The zero-order chi connectivity index (χ0) is 13.0. The highest BCUT2D eigenvalue weighted by atomic mass is 32.1. The highest BCUT2D eigenvalue weighted by molar-refractivity contribution is 7.15. The van der Waals surface area contributed by atoms with Crippen LogP contribution in [0.4, 0.5) is 5.13 Å². The van der Waals surface area contributed by atoms with E-state index < -0.39 is 0 Å². The lowest BCUT2D eigenvalue weighted by Gasteiger charge is -2.12. The van der Waals surface area contributed by atoms with E-state index >= 15 is 0 Å². The lowest BCUT2D eigenvalue weighted by molar-refractivity contribution is 0.870. The normalized spacial score (nSPS) is 11.8. The predicted octanol–water partition coefficient (Wildman–Crippen LogP) is 3.15. The molecular formula is C13H14N4S. The van der Waals surface area contributed by atoms with Gasteiger partial charge in [-0.15, -0.1) is 10.2 Å². The molecule has 18 heavy (non-hydrogen) atoms. The molecule has 0 radical (unpaired) electrons. The van der Waals surface area contributed by atoms with E-state index in [-0.39, 0.29) is 6.04 Å². The van der Waals surface area contributed by atoms with E-state index in [1.54, 1.807) is 11.3 Å². The van der Waals surface area contributed by atoms with Crippen molar-refractivity contribution in [2.24, 2.45) is 0 Å². The van der Waals surface area contributed by atoms with Gasteiger partial charge in [0.15, 0.2) is 0 Å². The Bertz CT molecular complexity index is 553. The van der Waals surface area contributed by atoms with E-state index in [4.69, 9.17) is 5.26 Å². The SMILES string of the molecule is CCc1nnc(NC(C)c2ccc(C#N)cc2)s1. The van der Waals surface area contributed by atoms with Crippen molar-refractivity contribution in [2.75, 3.05) is 5.32 Å². The highest BCUT2D eigenvalue weighted by Gasteiger charge is 2.08. The quantitative estimate of drug-likeness (QED) is 0.915. The van der Waals surface area contributed by atoms with Gasteiger partial charge in [0.2, 0.25) is 5.13 Å². The molecule has 0 aliphatic heterocycles. The van der Waals surface area contributed by atoms with Crippen LogP contribution in [0.5, 0.6) is 0 Å². The van der Waals surface area contributed by atoms with E-state index in [1.165, 1.54) is 0 Å². The predicted molar refractivity (Wildman–Crippen MR) is 72.5 cm³/mol. The van der Waals surface area contributed by atoms with Crippen LogP contribution >= 0.6 is 11.3 Å². The van der Waals surface area contributed by atoms with E-state index in [0.29, 0.717) is 5.56 Å². The molecule has 0 aliphatic rings. The van der Waals surface area contributed by atoms with Crippen LogP contribution in [0, 0.1) is 11.3 Å². The minimum Gasteiger partial charge on any atom is -0.354 e. The molecule has 0 bridgehead atoms. The van der Waals surface area contributed by atoms with Crippen molar-refractivity contribution in [1.82, 2.24) is 10.2 Å². The Morgan fingerprint density at radius 1 is 1.33 bits per heavy atom. The second-order valence-electron chi connectivity index (χ2n) is 3.95. The minimum absolute atomic E-state index is 0.149. The molecule has 1 heterocycles. The van der Waals surface area contributed by atoms with Crippen LogP contribution < -0.4 is 5.32 Å². The molecule has 1 unspecified atom stereocenters. The molecule has 2 aromatic rings. The molecule has 0 aliphatic carbocycles. The maximum atomic E-state index is 8.75. The van der Waals surface area contributed by atoms with Crippen LogP contribution in [0.15, 0.2) is 24.3 Å². The summed E-state index contributed by atoms with van der Waals surface area (Å²) in [5.74, 6) is 0. The van der Waals surface area contributed by atoms with Crippen LogP contribution in [-0.2, 0) is 6.42 Å². The van der Waals surface area contributed by atoms with Gasteiger partial charge in [0, 0.05) is 0 Å². The van der Waals surface area contributed by atoms with Gasteiger partial charge in [-0.1, -0.05) is 30.4 Å². The smallest absolute Gasteiger partial charge is 0.206 e. The first-order valence-corrected chi connectivity index (χ1v) is 6.63. The Morgan fingerprint density at radius 2 is 2.06 bits per heavy atom. The average Bonchev–Trinajstić information content (AvgIpc) is 2.86. The summed E-state index contributed by atoms with van der Waals surface area (Å²) in [5, 5.41) is 22.1. The first kappa shape index (κ1) is 12.5. The first-order valence-electron chi connectivity index (χ1n) is 5.82. The third kappa shape index (κ3) is 2.84. The molecule has 1 aromatic carbocycles. The van der Waals surface area contributed by atoms with Crippen LogP contribution in [0.1, 0.15) is 36.0 Å². The molecule has 1 N–H and O–H groups in total. The summed E-state index contributed by atoms with van der Waals surface area (Å²) in [5.41, 5.74) is 1.80. The monoisotopic (exact) mass is 258 g/mol. The second-order valence-corrected chi connectivity index (χ2v) is 5.02. The second kappa shape index (κ2) is 5.61. The molecule has 4 nitrogen and oxygen atoms in total. The van der Waals surface area contributed by atoms with E-state index in [0.717, 1.165) is 22.1 Å². The van der Waals surface area contributed by atoms with Gasteiger partial charge in [-0.3, -0.25) is 0 Å². The molecule has 92 valence electrons. The van der Waals surface area contributed by atoms with Crippen LogP contribution in [-0.4, -0.2) is 10.2 Å². The molecule has 5 heteroatoms. The Kier molecular flexibility index (Phi) is 3.90. The summed E-state index contributed by atoms with van der Waals surface area (Å²) in [6, 6.07) is 9.82. The van der Waals surface area contributed by atoms with Gasteiger partial charge in [0.25, 0.3) is 0 Å². The molecule has 0 saturated heterocycles. The zero-order valence-electron chi connectivity index (χ0n) is 10.3. The Hall–Kier alpha value is -1.93. The van der Waals surface area contributed by atoms with E-state index in [9.17, 15) is 0 Å². The Labute approximate surface area is 110 Å².